The first-order valence-electron chi connectivity index (χ1n) is 15.3. The number of carboxylic acids is 1. The molecule has 2 amide bonds. The van der Waals surface area contributed by atoms with Crippen molar-refractivity contribution in [2.75, 3.05) is 22.1 Å². The fourth-order valence-electron chi connectivity index (χ4n) is 5.15. The number of aromatic carboxylic acids is 1. The van der Waals surface area contributed by atoms with Crippen LogP contribution in [0.4, 0.5) is 17.1 Å². The van der Waals surface area contributed by atoms with Crippen LogP contribution in [0.15, 0.2) is 102 Å². The molecule has 1 heterocycles. The molecule has 1 aliphatic rings. The Hall–Kier alpha value is -4.68. The second-order valence-electron chi connectivity index (χ2n) is 11.1. The molecule has 11 heteroatoms. The molecular weight excluding hydrogens is 618 g/mol. The average molecular weight is 656 g/mol. The van der Waals surface area contributed by atoms with E-state index in [0.717, 1.165) is 16.7 Å². The predicted octanol–water partition coefficient (Wildman–Crippen LogP) is 6.54. The molecule has 47 heavy (non-hydrogen) atoms. The van der Waals surface area contributed by atoms with Gasteiger partial charge in [-0.3, -0.25) is 9.59 Å². The maximum absolute atomic E-state index is 12.6. The van der Waals surface area contributed by atoms with Crippen LogP contribution in [0.2, 0.25) is 0 Å². The number of hydrogen-bond acceptors (Lipinski definition) is 8. The van der Waals surface area contributed by atoms with Crippen molar-refractivity contribution in [1.82, 2.24) is 0 Å². The van der Waals surface area contributed by atoms with Crippen molar-refractivity contribution in [3.8, 4) is 0 Å². The molecule has 4 aromatic carbocycles. The number of nitrogens with one attached hydrogen (secondary N) is 2. The number of aliphatic hydroxyl groups is 1. The lowest BCUT2D eigenvalue weighted by Gasteiger charge is -2.36. The van der Waals surface area contributed by atoms with Crippen LogP contribution in [0.3, 0.4) is 0 Å². The number of ether oxygens (including phenoxy) is 2. The Morgan fingerprint density at radius 1 is 0.809 bits per heavy atom. The fourth-order valence-corrected chi connectivity index (χ4v) is 6.22. The Kier molecular flexibility index (Phi) is 11.6. The Labute approximate surface area is 277 Å². The zero-order valence-corrected chi connectivity index (χ0v) is 26.5. The van der Waals surface area contributed by atoms with E-state index in [1.807, 2.05) is 42.5 Å². The van der Waals surface area contributed by atoms with Gasteiger partial charge in [0.1, 0.15) is 0 Å². The molecule has 0 aromatic heterocycles. The van der Waals surface area contributed by atoms with Crippen molar-refractivity contribution in [1.29, 1.82) is 0 Å². The number of nitrogen functional groups attached to an aromatic ring is 1. The number of carbonyl (C=O) groups excluding carboxylic acids is 2. The summed E-state index contributed by atoms with van der Waals surface area (Å²) in [5.74, 6) is -0.884. The number of carbonyl (C=O) groups is 3. The third-order valence-corrected chi connectivity index (χ3v) is 8.87. The normalized spacial score (nSPS) is 17.5. The van der Waals surface area contributed by atoms with Crippen molar-refractivity contribution < 1.29 is 34.1 Å². The van der Waals surface area contributed by atoms with Gasteiger partial charge in [-0.2, -0.15) is 0 Å². The molecular formula is C36H37N3O7S. The first-order valence-corrected chi connectivity index (χ1v) is 16.3. The van der Waals surface area contributed by atoms with E-state index in [9.17, 15) is 24.6 Å². The molecule has 0 radical (unpaired) electrons. The standard InChI is InChI=1S/C36H37N3O7S/c37-29-7-2-3-8-30(29)39-34(42)11-5-10-33(41)38-26-18-16-25(17-19-26)36-45-27(22-47-32-9-4-1-6-28(32)35(43)44)20-31(46-36)24-14-12-23(21-40)13-15-24/h1-4,6-9,12-19,27,31,36,40H,5,10-11,20-22,37H2,(H,38,41)(H,39,42)(H,43,44)/t27-,31+,36+/m1/s1. The van der Waals surface area contributed by atoms with Gasteiger partial charge in [0.2, 0.25) is 11.8 Å². The molecule has 0 aliphatic carbocycles. The lowest BCUT2D eigenvalue weighted by atomic mass is 10.0. The Balaban J connectivity index is 1.19. The topological polar surface area (TPSA) is 160 Å². The maximum Gasteiger partial charge on any atom is 0.336 e. The van der Waals surface area contributed by atoms with Crippen LogP contribution in [0.25, 0.3) is 0 Å². The summed E-state index contributed by atoms with van der Waals surface area (Å²) in [6.07, 6.45) is 0.0477. The van der Waals surface area contributed by atoms with Crippen LogP contribution >= 0.6 is 11.8 Å². The van der Waals surface area contributed by atoms with Crippen LogP contribution < -0.4 is 16.4 Å². The van der Waals surface area contributed by atoms with Crippen LogP contribution in [0.5, 0.6) is 0 Å². The van der Waals surface area contributed by atoms with E-state index in [1.165, 1.54) is 11.8 Å². The molecule has 1 saturated heterocycles. The van der Waals surface area contributed by atoms with Gasteiger partial charge in [-0.1, -0.05) is 60.7 Å². The Morgan fingerprint density at radius 3 is 2.17 bits per heavy atom. The summed E-state index contributed by atoms with van der Waals surface area (Å²) in [5, 5.41) is 24.7. The third-order valence-electron chi connectivity index (χ3n) is 7.67. The summed E-state index contributed by atoms with van der Waals surface area (Å²) in [6, 6.07) is 28.7. The maximum atomic E-state index is 12.6. The van der Waals surface area contributed by atoms with Crippen molar-refractivity contribution in [2.24, 2.45) is 0 Å². The SMILES string of the molecule is Nc1ccccc1NC(=O)CCCC(=O)Nc1ccc([C@H]2O[C@@H](CSc3ccccc3C(=O)O)C[C@@H](c3ccc(CO)cc3)O2)cc1. The molecule has 3 atom stereocenters. The summed E-state index contributed by atoms with van der Waals surface area (Å²) >= 11 is 1.43. The molecule has 10 nitrogen and oxygen atoms in total. The van der Waals surface area contributed by atoms with E-state index in [4.69, 9.17) is 15.2 Å². The molecule has 244 valence electrons. The van der Waals surface area contributed by atoms with Gasteiger partial charge in [-0.15, -0.1) is 11.8 Å². The average Bonchev–Trinajstić information content (AvgIpc) is 3.08. The number of hydrogen-bond donors (Lipinski definition) is 5. The number of carboxylic acid groups (broad SMARTS) is 1. The van der Waals surface area contributed by atoms with Gasteiger partial charge >= 0.3 is 5.97 Å². The second-order valence-corrected chi connectivity index (χ2v) is 12.2. The number of benzene rings is 4. The quantitative estimate of drug-likeness (QED) is 0.0795. The van der Waals surface area contributed by atoms with E-state index in [-0.39, 0.29) is 49.0 Å². The number of amides is 2. The Bertz CT molecular complexity index is 1680. The van der Waals surface area contributed by atoms with Crippen LogP contribution in [0.1, 0.15) is 65.1 Å². The molecule has 0 spiro atoms. The van der Waals surface area contributed by atoms with E-state index < -0.39 is 12.3 Å². The fraction of sp³-hybridized carbons (Fsp3) is 0.250. The molecule has 0 unspecified atom stereocenters. The largest absolute Gasteiger partial charge is 0.478 e. The van der Waals surface area contributed by atoms with Crippen molar-refractivity contribution in [3.05, 3.63) is 119 Å². The highest BCUT2D eigenvalue weighted by molar-refractivity contribution is 7.99. The highest BCUT2D eigenvalue weighted by Crippen LogP contribution is 2.40. The molecule has 0 saturated carbocycles. The highest BCUT2D eigenvalue weighted by Gasteiger charge is 2.32. The lowest BCUT2D eigenvalue weighted by molar-refractivity contribution is -0.245. The zero-order chi connectivity index (χ0) is 33.2. The predicted molar refractivity (Wildman–Crippen MR) is 181 cm³/mol. The van der Waals surface area contributed by atoms with E-state index in [0.29, 0.717) is 40.6 Å². The van der Waals surface area contributed by atoms with Crippen molar-refractivity contribution >= 4 is 46.6 Å². The number of aliphatic hydroxyl groups excluding tert-OH is 1. The van der Waals surface area contributed by atoms with Gasteiger partial charge in [0.05, 0.1) is 35.8 Å². The minimum Gasteiger partial charge on any atom is -0.478 e. The second kappa shape index (κ2) is 16.2. The summed E-state index contributed by atoms with van der Waals surface area (Å²) in [7, 11) is 0. The molecule has 0 bridgehead atoms. The molecule has 5 rings (SSSR count). The van der Waals surface area contributed by atoms with E-state index >= 15 is 0 Å². The number of rotatable bonds is 13. The number of thioether (sulfide) groups is 1. The smallest absolute Gasteiger partial charge is 0.336 e. The summed E-state index contributed by atoms with van der Waals surface area (Å²) in [4.78, 5) is 37.2. The van der Waals surface area contributed by atoms with Crippen molar-refractivity contribution in [2.45, 2.75) is 55.7 Å². The number of para-hydroxylation sites is 2. The first kappa shape index (κ1) is 33.7. The first-order chi connectivity index (χ1) is 22.8. The van der Waals surface area contributed by atoms with Crippen LogP contribution in [0, 0.1) is 0 Å². The monoisotopic (exact) mass is 655 g/mol. The van der Waals surface area contributed by atoms with Gasteiger partial charge in [-0.05, 0) is 53.9 Å². The van der Waals surface area contributed by atoms with E-state index in [1.54, 1.807) is 54.6 Å². The van der Waals surface area contributed by atoms with Gasteiger partial charge in [0.25, 0.3) is 0 Å². The number of nitrogens with two attached hydrogens (primary N) is 1. The third kappa shape index (κ3) is 9.43. The lowest BCUT2D eigenvalue weighted by Crippen LogP contribution is -2.31. The Morgan fingerprint density at radius 2 is 1.47 bits per heavy atom. The van der Waals surface area contributed by atoms with Gasteiger partial charge in [0, 0.05) is 41.2 Å². The highest BCUT2D eigenvalue weighted by atomic mass is 32.2. The molecule has 4 aromatic rings. The van der Waals surface area contributed by atoms with Gasteiger partial charge in [-0.25, -0.2) is 4.79 Å². The zero-order valence-electron chi connectivity index (χ0n) is 25.6. The number of anilines is 3. The minimum absolute atomic E-state index is 0.0537. The summed E-state index contributed by atoms with van der Waals surface area (Å²) < 4.78 is 12.8. The summed E-state index contributed by atoms with van der Waals surface area (Å²) in [5.41, 5.74) is 10.3. The van der Waals surface area contributed by atoms with Gasteiger partial charge in [0.15, 0.2) is 6.29 Å². The minimum atomic E-state index is -0.980. The van der Waals surface area contributed by atoms with Crippen LogP contribution in [-0.2, 0) is 25.7 Å². The van der Waals surface area contributed by atoms with E-state index in [2.05, 4.69) is 10.6 Å². The molecule has 1 fully saturated rings. The van der Waals surface area contributed by atoms with Crippen LogP contribution in [-0.4, -0.2) is 39.9 Å². The van der Waals surface area contributed by atoms with Crippen molar-refractivity contribution in [3.63, 3.8) is 0 Å². The van der Waals surface area contributed by atoms with Gasteiger partial charge < -0.3 is 36.1 Å². The molecule has 6 N–H and O–H groups in total. The summed E-state index contributed by atoms with van der Waals surface area (Å²) in [6.45, 7) is -0.0537. The molecule has 1 aliphatic heterocycles.